The molecule has 0 spiro atoms. The minimum atomic E-state index is 0.0771. The van der Waals surface area contributed by atoms with Gasteiger partial charge in [-0.3, -0.25) is 4.79 Å². The number of hydrogen-bond acceptors (Lipinski definition) is 2. The van der Waals surface area contributed by atoms with Gasteiger partial charge in [0.05, 0.1) is 0 Å². The Kier molecular flexibility index (Phi) is 3.16. The summed E-state index contributed by atoms with van der Waals surface area (Å²) in [5.74, 6) is 0.235. The Morgan fingerprint density at radius 3 is 2.35 bits per heavy atom. The van der Waals surface area contributed by atoms with E-state index in [9.17, 15) is 4.79 Å². The zero-order chi connectivity index (χ0) is 12.5. The van der Waals surface area contributed by atoms with Gasteiger partial charge < -0.3 is 5.73 Å². The number of benzene rings is 1. The Bertz CT molecular complexity index is 454. The third kappa shape index (κ3) is 2.83. The normalized spacial score (nSPS) is 19.0. The molecule has 0 unspecified atom stereocenters. The smallest absolute Gasteiger partial charge is 0.156 e. The summed E-state index contributed by atoms with van der Waals surface area (Å²) in [6, 6.07) is 8.18. The van der Waals surface area contributed by atoms with Crippen LogP contribution in [0.2, 0.25) is 0 Å². The Labute approximate surface area is 103 Å². The number of ketones is 1. The highest BCUT2D eigenvalue weighted by atomic mass is 16.1. The molecule has 1 aromatic rings. The predicted molar refractivity (Wildman–Crippen MR) is 70.3 cm³/mol. The first-order chi connectivity index (χ1) is 8.00. The first-order valence-electron chi connectivity index (χ1n) is 6.03. The molecule has 1 aromatic carbocycles. The van der Waals surface area contributed by atoms with Crippen molar-refractivity contribution in [2.24, 2.45) is 11.1 Å². The van der Waals surface area contributed by atoms with E-state index in [0.29, 0.717) is 13.0 Å². The second-order valence-corrected chi connectivity index (χ2v) is 5.55. The summed E-state index contributed by atoms with van der Waals surface area (Å²) < 4.78 is 0. The molecule has 0 radical (unpaired) electrons. The fourth-order valence-corrected chi connectivity index (χ4v) is 2.39. The Morgan fingerprint density at radius 2 is 1.82 bits per heavy atom. The lowest BCUT2D eigenvalue weighted by atomic mass is 9.75. The molecule has 2 rings (SSSR count). The van der Waals surface area contributed by atoms with Gasteiger partial charge in [0.15, 0.2) is 5.78 Å². The maximum Gasteiger partial charge on any atom is 0.156 e. The van der Waals surface area contributed by atoms with E-state index in [2.05, 4.69) is 26.0 Å². The first-order valence-corrected chi connectivity index (χ1v) is 6.03. The number of carbonyl (C=O) groups is 1. The fraction of sp³-hybridized carbons (Fsp3) is 0.400. The predicted octanol–water partition coefficient (Wildman–Crippen LogP) is 2.92. The van der Waals surface area contributed by atoms with Crippen LogP contribution in [0.25, 0.3) is 5.57 Å². The second-order valence-electron chi connectivity index (χ2n) is 5.55. The number of rotatable bonds is 2. The number of carbonyl (C=O) groups excluding carboxylic acids is 1. The minimum absolute atomic E-state index is 0.0771. The van der Waals surface area contributed by atoms with Gasteiger partial charge in [0.25, 0.3) is 0 Å². The molecule has 1 aliphatic carbocycles. The van der Waals surface area contributed by atoms with Crippen LogP contribution < -0.4 is 5.73 Å². The number of nitrogens with two attached hydrogens (primary N) is 1. The van der Waals surface area contributed by atoms with Gasteiger partial charge in [-0.2, -0.15) is 0 Å². The van der Waals surface area contributed by atoms with Gasteiger partial charge in [0.1, 0.15) is 0 Å². The van der Waals surface area contributed by atoms with Crippen molar-refractivity contribution < 1.29 is 4.79 Å². The third-order valence-electron chi connectivity index (χ3n) is 3.22. The van der Waals surface area contributed by atoms with Gasteiger partial charge in [-0.05, 0) is 34.6 Å². The van der Waals surface area contributed by atoms with E-state index in [1.165, 1.54) is 0 Å². The largest absolute Gasteiger partial charge is 0.326 e. The van der Waals surface area contributed by atoms with Gasteiger partial charge in [0.2, 0.25) is 0 Å². The molecular weight excluding hydrogens is 210 g/mol. The zero-order valence-electron chi connectivity index (χ0n) is 10.5. The summed E-state index contributed by atoms with van der Waals surface area (Å²) in [6.07, 6.45) is 3.40. The van der Waals surface area contributed by atoms with Crippen LogP contribution in [0.4, 0.5) is 0 Å². The highest BCUT2D eigenvalue weighted by molar-refractivity contribution is 5.99. The van der Waals surface area contributed by atoms with Gasteiger partial charge >= 0.3 is 0 Å². The molecule has 0 amide bonds. The van der Waals surface area contributed by atoms with Crippen molar-refractivity contribution in [3.05, 3.63) is 41.5 Å². The zero-order valence-corrected chi connectivity index (χ0v) is 10.5. The van der Waals surface area contributed by atoms with Crippen LogP contribution in [0.5, 0.6) is 0 Å². The van der Waals surface area contributed by atoms with Gasteiger partial charge in [-0.15, -0.1) is 0 Å². The molecule has 2 N–H and O–H groups in total. The molecule has 17 heavy (non-hydrogen) atoms. The molecule has 90 valence electrons. The Morgan fingerprint density at radius 1 is 1.18 bits per heavy atom. The highest BCUT2D eigenvalue weighted by Gasteiger charge is 2.27. The molecular formula is C15H19NO. The molecule has 0 heterocycles. The molecule has 2 heteroatoms. The molecule has 0 fully saturated rings. The molecule has 0 bridgehead atoms. The molecule has 0 atom stereocenters. The van der Waals surface area contributed by atoms with Crippen molar-refractivity contribution in [3.8, 4) is 0 Å². The summed E-state index contributed by atoms with van der Waals surface area (Å²) in [5, 5.41) is 0. The van der Waals surface area contributed by atoms with Gasteiger partial charge in [-0.1, -0.05) is 38.1 Å². The molecule has 0 aromatic heterocycles. The van der Waals surface area contributed by atoms with Gasteiger partial charge in [-0.25, -0.2) is 0 Å². The van der Waals surface area contributed by atoms with E-state index in [-0.39, 0.29) is 11.2 Å². The number of hydrogen-bond donors (Lipinski definition) is 1. The average Bonchev–Trinajstić information content (AvgIpc) is 2.26. The molecule has 2 nitrogen and oxygen atoms in total. The first kappa shape index (κ1) is 12.1. The van der Waals surface area contributed by atoms with Crippen LogP contribution in [0.15, 0.2) is 30.3 Å². The topological polar surface area (TPSA) is 43.1 Å². The monoisotopic (exact) mass is 229 g/mol. The van der Waals surface area contributed by atoms with Gasteiger partial charge in [0, 0.05) is 13.0 Å². The lowest BCUT2D eigenvalue weighted by Crippen LogP contribution is -2.21. The summed E-state index contributed by atoms with van der Waals surface area (Å²) in [4.78, 5) is 11.7. The van der Waals surface area contributed by atoms with Crippen molar-refractivity contribution in [2.75, 3.05) is 0 Å². The quantitative estimate of drug-likeness (QED) is 0.847. The van der Waals surface area contributed by atoms with E-state index in [0.717, 1.165) is 23.1 Å². The van der Waals surface area contributed by atoms with Crippen LogP contribution in [0.3, 0.4) is 0 Å². The van der Waals surface area contributed by atoms with Crippen LogP contribution in [-0.4, -0.2) is 5.78 Å². The van der Waals surface area contributed by atoms with E-state index < -0.39 is 0 Å². The summed E-state index contributed by atoms with van der Waals surface area (Å²) in [7, 11) is 0. The van der Waals surface area contributed by atoms with Crippen LogP contribution in [0, 0.1) is 5.41 Å². The lowest BCUT2D eigenvalue weighted by molar-refractivity contribution is -0.116. The van der Waals surface area contributed by atoms with Crippen molar-refractivity contribution in [2.45, 2.75) is 33.2 Å². The van der Waals surface area contributed by atoms with Crippen molar-refractivity contribution in [1.29, 1.82) is 0 Å². The standard InChI is InChI=1S/C15H19NO/c1-15(2)8-13(7-14(17)9-15)12-5-3-11(10-16)4-6-12/h3-7H,8-10,16H2,1-2H3. The van der Waals surface area contributed by atoms with Crippen molar-refractivity contribution in [3.63, 3.8) is 0 Å². The second kappa shape index (κ2) is 4.46. The van der Waals surface area contributed by atoms with Crippen LogP contribution in [0.1, 0.15) is 37.8 Å². The maximum atomic E-state index is 11.7. The Hall–Kier alpha value is -1.41. The van der Waals surface area contributed by atoms with Crippen LogP contribution >= 0.6 is 0 Å². The third-order valence-corrected chi connectivity index (χ3v) is 3.22. The Balaban J connectivity index is 2.29. The summed E-state index contributed by atoms with van der Waals surface area (Å²) in [5.41, 5.74) is 9.06. The van der Waals surface area contributed by atoms with E-state index in [1.807, 2.05) is 12.1 Å². The molecule has 0 saturated heterocycles. The van der Waals surface area contributed by atoms with Crippen molar-refractivity contribution >= 4 is 11.4 Å². The average molecular weight is 229 g/mol. The SMILES string of the molecule is CC1(C)CC(=O)C=C(c2ccc(CN)cc2)C1. The van der Waals surface area contributed by atoms with E-state index in [4.69, 9.17) is 5.73 Å². The summed E-state index contributed by atoms with van der Waals surface area (Å²) >= 11 is 0. The van der Waals surface area contributed by atoms with Crippen molar-refractivity contribution in [1.82, 2.24) is 0 Å². The fourth-order valence-electron chi connectivity index (χ4n) is 2.39. The summed E-state index contributed by atoms with van der Waals surface area (Å²) in [6.45, 7) is 4.85. The van der Waals surface area contributed by atoms with Crippen LogP contribution in [-0.2, 0) is 11.3 Å². The minimum Gasteiger partial charge on any atom is -0.326 e. The maximum absolute atomic E-state index is 11.7. The van der Waals surface area contributed by atoms with E-state index in [1.54, 1.807) is 6.08 Å². The van der Waals surface area contributed by atoms with E-state index >= 15 is 0 Å². The number of allylic oxidation sites excluding steroid dienone is 2. The highest BCUT2D eigenvalue weighted by Crippen LogP contribution is 2.37. The molecule has 0 saturated carbocycles. The lowest BCUT2D eigenvalue weighted by Gasteiger charge is -2.29. The molecule has 1 aliphatic rings. The molecule has 0 aliphatic heterocycles.